The van der Waals surface area contributed by atoms with Crippen LogP contribution in [0.1, 0.15) is 0 Å². The zero-order valence-corrected chi connectivity index (χ0v) is 19.0. The Bertz CT molecular complexity index is 1040. The van der Waals surface area contributed by atoms with Gasteiger partial charge in [-0.3, -0.25) is 9.98 Å². The molecule has 0 atom stereocenters. The van der Waals surface area contributed by atoms with Crippen LogP contribution < -0.4 is 0 Å². The number of hydrogen-bond donors (Lipinski definition) is 0. The molecule has 158 valence electrons. The van der Waals surface area contributed by atoms with E-state index in [0.29, 0.717) is 12.7 Å². The molecule has 2 nitrogen and oxygen atoms in total. The third kappa shape index (κ3) is 6.90. The molecule has 4 rings (SSSR count). The fourth-order valence-corrected chi connectivity index (χ4v) is 3.12. The second kappa shape index (κ2) is 12.9. The number of rotatable bonds is 5. The minimum atomic E-state index is 0.569. The van der Waals surface area contributed by atoms with Crippen molar-refractivity contribution in [1.82, 2.24) is 0 Å². The number of hydrogen-bond acceptors (Lipinski definition) is 2. The summed E-state index contributed by atoms with van der Waals surface area (Å²) in [7, 11) is 9.40. The van der Waals surface area contributed by atoms with Gasteiger partial charge in [0.1, 0.15) is 0 Å². The van der Waals surface area contributed by atoms with E-state index in [9.17, 15) is 0 Å². The number of nitrogens with zero attached hydrogens (tertiary/aromatic N) is 2. The van der Waals surface area contributed by atoms with Gasteiger partial charge in [-0.1, -0.05) is 97.1 Å². The third-order valence-electron chi connectivity index (χ3n) is 4.47. The molecule has 0 bridgehead atoms. The predicted octanol–water partition coefficient (Wildman–Crippen LogP) is 8.50. The van der Waals surface area contributed by atoms with E-state index in [0.717, 1.165) is 33.6 Å². The Morgan fingerprint density at radius 3 is 1.19 bits per heavy atom. The molecule has 0 saturated carbocycles. The molecule has 0 aliphatic heterocycles. The van der Waals surface area contributed by atoms with Crippen LogP contribution >= 0.6 is 20.4 Å². The van der Waals surface area contributed by atoms with E-state index >= 15 is 0 Å². The summed E-state index contributed by atoms with van der Waals surface area (Å²) in [5, 5.41) is 0. The topological polar surface area (TPSA) is 24.7 Å². The molecule has 31 heavy (non-hydrogen) atoms. The van der Waals surface area contributed by atoms with Crippen LogP contribution in [-0.2, 0) is 12.7 Å². The van der Waals surface area contributed by atoms with Gasteiger partial charge in [-0.05, 0) is 23.3 Å². The number of halogens is 2. The van der Waals surface area contributed by atoms with Crippen LogP contribution in [0.5, 0.6) is 0 Å². The Balaban J connectivity index is 0.000000858. The van der Waals surface area contributed by atoms with Gasteiger partial charge in [-0.25, -0.2) is 0 Å². The molecular weight excluding hydrogens is 470 g/mol. The van der Waals surface area contributed by atoms with Crippen molar-refractivity contribution < 1.29 is 12.7 Å². The van der Waals surface area contributed by atoms with Crippen LogP contribution in [0.4, 0.5) is 11.4 Å². The first-order chi connectivity index (χ1) is 15.3. The summed E-state index contributed by atoms with van der Waals surface area (Å²) in [5.41, 5.74) is 6.38. The Morgan fingerprint density at radius 2 is 0.806 bits per heavy atom. The van der Waals surface area contributed by atoms with Crippen LogP contribution in [0.3, 0.4) is 0 Å². The van der Waals surface area contributed by atoms with Crippen LogP contribution in [0.15, 0.2) is 119 Å². The van der Waals surface area contributed by atoms with Crippen molar-refractivity contribution in [2.45, 2.75) is 0 Å². The summed E-state index contributed by atoms with van der Waals surface area (Å²) in [5.74, 6) is 0. The van der Waals surface area contributed by atoms with Crippen molar-refractivity contribution in [1.29, 1.82) is 0 Å². The Labute approximate surface area is 197 Å². The van der Waals surface area contributed by atoms with Gasteiger partial charge < -0.3 is 0 Å². The molecule has 4 aromatic rings. The van der Waals surface area contributed by atoms with E-state index in [2.05, 4.69) is 46.4 Å². The van der Waals surface area contributed by atoms with Gasteiger partial charge in [0.25, 0.3) is 0 Å². The molecule has 0 spiro atoms. The van der Waals surface area contributed by atoms with Crippen LogP contribution in [-0.4, -0.2) is 12.4 Å². The normalized spacial score (nSPS) is 10.9. The molecule has 4 aromatic carbocycles. The molecule has 0 amide bonds. The van der Waals surface area contributed by atoms with Gasteiger partial charge in [0.2, 0.25) is 0 Å². The minimum absolute atomic E-state index is 0.569. The first-order valence-electron chi connectivity index (χ1n) is 9.51. The summed E-state index contributed by atoms with van der Waals surface area (Å²) in [6.07, 6.45) is 3.51. The average molecular weight is 490 g/mol. The van der Waals surface area contributed by atoms with E-state index in [1.165, 1.54) is 0 Å². The van der Waals surface area contributed by atoms with Crippen molar-refractivity contribution in [2.24, 2.45) is 9.98 Å². The van der Waals surface area contributed by atoms with Crippen LogP contribution in [0.25, 0.3) is 22.3 Å². The molecule has 0 aromatic heterocycles. The van der Waals surface area contributed by atoms with Crippen LogP contribution in [0.2, 0.25) is 0 Å². The molecule has 0 saturated heterocycles. The third-order valence-corrected chi connectivity index (χ3v) is 4.47. The summed E-state index contributed by atoms with van der Waals surface area (Å²) < 4.78 is 0. The van der Waals surface area contributed by atoms with Gasteiger partial charge in [-0.2, -0.15) is 0 Å². The average Bonchev–Trinajstić information content (AvgIpc) is 2.84. The van der Waals surface area contributed by atoms with Crippen molar-refractivity contribution >= 4 is 44.2 Å². The summed E-state index contributed by atoms with van der Waals surface area (Å²) in [6, 6.07) is 36.9. The second-order valence-corrected chi connectivity index (χ2v) is 8.00. The van der Waals surface area contributed by atoms with Gasteiger partial charge >= 0.3 is 33.0 Å². The number of benzene rings is 4. The quantitative estimate of drug-likeness (QED) is 0.198. The van der Waals surface area contributed by atoms with Gasteiger partial charge in [0.05, 0.1) is 11.4 Å². The van der Waals surface area contributed by atoms with Gasteiger partial charge in [-0.15, -0.1) is 0 Å². The molecule has 0 radical (unpaired) electrons. The Morgan fingerprint density at radius 1 is 0.484 bits per heavy atom. The zero-order chi connectivity index (χ0) is 21.7. The van der Waals surface area contributed by atoms with E-state index in [4.69, 9.17) is 20.4 Å². The molecule has 0 fully saturated rings. The maximum absolute atomic E-state index is 4.70. The first-order valence-corrected chi connectivity index (χ1v) is 12.2. The summed E-state index contributed by atoms with van der Waals surface area (Å²) >= 11 is 0.569. The molecule has 0 heterocycles. The maximum atomic E-state index is 4.70. The van der Waals surface area contributed by atoms with E-state index in [1.54, 1.807) is 12.4 Å². The molecule has 0 N–H and O–H groups in total. The first kappa shape index (κ1) is 23.0. The van der Waals surface area contributed by atoms with E-state index < -0.39 is 0 Å². The molecule has 0 unspecified atom stereocenters. The number of aliphatic imine (C=N–C) groups is 2. The summed E-state index contributed by atoms with van der Waals surface area (Å²) in [4.78, 5) is 9.25. The number of para-hydroxylation sites is 2. The van der Waals surface area contributed by atoms with E-state index in [1.807, 2.05) is 72.8 Å². The van der Waals surface area contributed by atoms with Crippen molar-refractivity contribution in [3.8, 4) is 22.3 Å². The second-order valence-electron chi connectivity index (χ2n) is 6.37. The monoisotopic (exact) mass is 488 g/mol. The van der Waals surface area contributed by atoms with E-state index in [-0.39, 0.29) is 0 Å². The Hall–Kier alpha value is -2.71. The fourth-order valence-electron chi connectivity index (χ4n) is 3.12. The molecule has 5 heteroatoms. The Kier molecular flexibility index (Phi) is 9.53. The molecule has 0 aliphatic rings. The molecular formula is C26H20Cl2N2Ni. The standard InChI is InChI=1S/C26H20N2.2ClH.Ni/c1-3-11-21(12-4-1)23-15-7-9-17-25(23)27-19-20-28-26-18-10-8-16-24(26)22-13-5-2-6-14-22;;;/h1-20H;2*1H;/q;;;+2/p-2. The fraction of sp³-hybridized carbons (Fsp3) is 0. The molecule has 0 aliphatic carbocycles. The SMILES string of the molecule is C(C=Nc1ccccc1-c1ccccc1)=Nc1ccccc1-c1ccccc1.[Cl][Ni][Cl]. The van der Waals surface area contributed by atoms with Crippen molar-refractivity contribution in [3.05, 3.63) is 109 Å². The zero-order valence-electron chi connectivity index (χ0n) is 16.5. The van der Waals surface area contributed by atoms with Crippen molar-refractivity contribution in [3.63, 3.8) is 0 Å². The van der Waals surface area contributed by atoms with Gasteiger partial charge in [0, 0.05) is 23.6 Å². The van der Waals surface area contributed by atoms with Crippen molar-refractivity contribution in [2.75, 3.05) is 0 Å². The predicted molar refractivity (Wildman–Crippen MR) is 132 cm³/mol. The van der Waals surface area contributed by atoms with Crippen LogP contribution in [0, 0.1) is 0 Å². The summed E-state index contributed by atoms with van der Waals surface area (Å²) in [6.45, 7) is 0. The van der Waals surface area contributed by atoms with Gasteiger partial charge in [0.15, 0.2) is 0 Å².